The van der Waals surface area contributed by atoms with Gasteiger partial charge in [-0.25, -0.2) is 0 Å². The average Bonchev–Trinajstić information content (AvgIpc) is 3.00. The molecule has 0 aromatic heterocycles. The average molecular weight is 385 g/mol. The van der Waals surface area contributed by atoms with Gasteiger partial charge in [-0.3, -0.25) is 0 Å². The van der Waals surface area contributed by atoms with E-state index in [9.17, 15) is 0 Å². The minimum Gasteiger partial charge on any atom is -0.0616 e. The normalized spacial score (nSPS) is 14.1. The van der Waals surface area contributed by atoms with Crippen LogP contribution >= 0.6 is 0 Å². The Morgan fingerprint density at radius 3 is 2.17 bits per heavy atom. The Morgan fingerprint density at radius 2 is 1.27 bits per heavy atom. The zero-order chi connectivity index (χ0) is 20.5. The molecule has 0 aliphatic heterocycles. The van der Waals surface area contributed by atoms with Crippen LogP contribution in [-0.2, 0) is 5.41 Å². The van der Waals surface area contributed by atoms with Gasteiger partial charge in [-0.2, -0.15) is 0 Å². The Morgan fingerprint density at radius 1 is 0.567 bits per heavy atom. The van der Waals surface area contributed by atoms with Gasteiger partial charge in [0.05, 0.1) is 0 Å². The topological polar surface area (TPSA) is 0 Å². The van der Waals surface area contributed by atoms with Crippen LogP contribution in [0.2, 0.25) is 0 Å². The molecular weight excluding hydrogens is 360 g/mol. The lowest BCUT2D eigenvalue weighted by molar-refractivity contribution is 0.666. The largest absolute Gasteiger partial charge is 0.0616 e. The van der Waals surface area contributed by atoms with Crippen LogP contribution in [0.3, 0.4) is 0 Å². The molecule has 0 bridgehead atoms. The van der Waals surface area contributed by atoms with Gasteiger partial charge in [0, 0.05) is 5.41 Å². The number of aryl methyl sites for hydroxylation is 1. The number of hydrogen-bond donors (Lipinski definition) is 0. The smallest absolute Gasteiger partial charge is 0.0165 e. The van der Waals surface area contributed by atoms with Gasteiger partial charge in [-0.1, -0.05) is 98.3 Å². The van der Waals surface area contributed by atoms with Crippen molar-refractivity contribution in [2.75, 3.05) is 0 Å². The predicted octanol–water partition coefficient (Wildman–Crippen LogP) is 8.27. The molecule has 0 fully saturated rings. The predicted molar refractivity (Wildman–Crippen MR) is 129 cm³/mol. The molecule has 0 spiro atoms. The van der Waals surface area contributed by atoms with Crippen LogP contribution in [-0.4, -0.2) is 0 Å². The maximum atomic E-state index is 2.42. The van der Waals surface area contributed by atoms with E-state index < -0.39 is 0 Å². The van der Waals surface area contributed by atoms with Crippen molar-refractivity contribution in [2.45, 2.75) is 26.2 Å². The van der Waals surface area contributed by atoms with Crippen LogP contribution in [0.25, 0.3) is 43.8 Å². The van der Waals surface area contributed by atoms with Crippen LogP contribution in [0.5, 0.6) is 0 Å². The fourth-order valence-electron chi connectivity index (χ4n) is 5.33. The second-order valence-electron chi connectivity index (χ2n) is 9.16. The van der Waals surface area contributed by atoms with Gasteiger partial charge >= 0.3 is 0 Å². The number of hydrogen-bond acceptors (Lipinski definition) is 0. The van der Waals surface area contributed by atoms with E-state index in [-0.39, 0.29) is 5.41 Å². The van der Waals surface area contributed by atoms with Gasteiger partial charge in [-0.15, -0.1) is 0 Å². The van der Waals surface area contributed by atoms with Crippen molar-refractivity contribution in [3.05, 3.63) is 108 Å². The quantitative estimate of drug-likeness (QED) is 0.273. The van der Waals surface area contributed by atoms with E-state index in [4.69, 9.17) is 0 Å². The zero-order valence-corrected chi connectivity index (χ0v) is 17.7. The van der Waals surface area contributed by atoms with Gasteiger partial charge in [0.25, 0.3) is 0 Å². The Bertz CT molecular complexity index is 1470. The SMILES string of the molecule is Cc1ccc2ccc(-c3ccc4c(c3)C(C)(C)c3c-4ccc4ccccc34)cc2c1. The summed E-state index contributed by atoms with van der Waals surface area (Å²) in [4.78, 5) is 0. The van der Waals surface area contributed by atoms with E-state index in [0.29, 0.717) is 0 Å². The highest BCUT2D eigenvalue weighted by Crippen LogP contribution is 2.52. The summed E-state index contributed by atoms with van der Waals surface area (Å²) in [6, 6.07) is 33.9. The second kappa shape index (κ2) is 6.06. The minimum atomic E-state index is -0.0189. The molecule has 144 valence electrons. The third-order valence-corrected chi connectivity index (χ3v) is 6.87. The van der Waals surface area contributed by atoms with E-state index in [1.165, 1.54) is 60.5 Å². The Balaban J connectivity index is 1.55. The summed E-state index contributed by atoms with van der Waals surface area (Å²) in [7, 11) is 0. The van der Waals surface area contributed by atoms with Crippen molar-refractivity contribution in [1.82, 2.24) is 0 Å². The zero-order valence-electron chi connectivity index (χ0n) is 17.7. The number of rotatable bonds is 1. The molecule has 0 heteroatoms. The van der Waals surface area contributed by atoms with Gasteiger partial charge in [0.2, 0.25) is 0 Å². The highest BCUT2D eigenvalue weighted by molar-refractivity contribution is 5.98. The molecule has 0 amide bonds. The van der Waals surface area contributed by atoms with Crippen LogP contribution < -0.4 is 0 Å². The maximum absolute atomic E-state index is 2.42. The van der Waals surface area contributed by atoms with Crippen LogP contribution in [0.4, 0.5) is 0 Å². The van der Waals surface area contributed by atoms with Gasteiger partial charge in [0.15, 0.2) is 0 Å². The molecule has 0 N–H and O–H groups in total. The lowest BCUT2D eigenvalue weighted by Gasteiger charge is -2.23. The van der Waals surface area contributed by atoms with Crippen molar-refractivity contribution in [3.63, 3.8) is 0 Å². The fraction of sp³-hybridized carbons (Fsp3) is 0.133. The Kier molecular flexibility index (Phi) is 3.53. The van der Waals surface area contributed by atoms with Crippen LogP contribution in [0.1, 0.15) is 30.5 Å². The van der Waals surface area contributed by atoms with E-state index in [0.717, 1.165) is 0 Å². The minimum absolute atomic E-state index is 0.0189. The first-order valence-electron chi connectivity index (χ1n) is 10.7. The summed E-state index contributed by atoms with van der Waals surface area (Å²) in [5.41, 5.74) is 9.51. The molecule has 0 atom stereocenters. The van der Waals surface area contributed by atoms with Crippen LogP contribution in [0.15, 0.2) is 91.0 Å². The molecule has 1 aliphatic rings. The van der Waals surface area contributed by atoms with Gasteiger partial charge < -0.3 is 0 Å². The standard InChI is InChI=1S/C30H24/c1-19-8-9-20-10-11-22(17-24(20)16-19)23-13-14-26-27-15-12-21-6-4-5-7-25(21)29(27)30(2,3)28(26)18-23/h4-18H,1-3H3. The molecule has 30 heavy (non-hydrogen) atoms. The molecule has 5 aromatic rings. The lowest BCUT2D eigenvalue weighted by Crippen LogP contribution is -2.15. The molecular formula is C30H24. The molecule has 0 saturated carbocycles. The van der Waals surface area contributed by atoms with Crippen molar-refractivity contribution in [1.29, 1.82) is 0 Å². The van der Waals surface area contributed by atoms with E-state index in [1.807, 2.05) is 0 Å². The molecule has 0 heterocycles. The van der Waals surface area contributed by atoms with Crippen molar-refractivity contribution in [3.8, 4) is 22.3 Å². The third kappa shape index (κ3) is 2.40. The first-order chi connectivity index (χ1) is 14.5. The van der Waals surface area contributed by atoms with Crippen molar-refractivity contribution in [2.24, 2.45) is 0 Å². The number of fused-ring (bicyclic) bond motifs is 6. The van der Waals surface area contributed by atoms with Crippen molar-refractivity contribution < 1.29 is 0 Å². The Labute approximate surface area is 177 Å². The monoisotopic (exact) mass is 384 g/mol. The molecule has 0 unspecified atom stereocenters. The number of benzene rings is 5. The van der Waals surface area contributed by atoms with Gasteiger partial charge in [0.1, 0.15) is 0 Å². The summed E-state index contributed by atoms with van der Waals surface area (Å²) in [6.07, 6.45) is 0. The Hall–Kier alpha value is -3.38. The van der Waals surface area contributed by atoms with E-state index in [2.05, 4.69) is 112 Å². The molecule has 1 aliphatic carbocycles. The summed E-state index contributed by atoms with van der Waals surface area (Å²) >= 11 is 0. The summed E-state index contributed by atoms with van der Waals surface area (Å²) < 4.78 is 0. The molecule has 5 aromatic carbocycles. The first kappa shape index (κ1) is 17.5. The fourth-order valence-corrected chi connectivity index (χ4v) is 5.33. The highest BCUT2D eigenvalue weighted by Gasteiger charge is 2.36. The third-order valence-electron chi connectivity index (χ3n) is 6.87. The lowest BCUT2D eigenvalue weighted by atomic mass is 9.79. The maximum Gasteiger partial charge on any atom is 0.0165 e. The van der Waals surface area contributed by atoms with Gasteiger partial charge in [-0.05, 0) is 74.0 Å². The molecule has 0 nitrogen and oxygen atoms in total. The summed E-state index contributed by atoms with van der Waals surface area (Å²) in [6.45, 7) is 6.90. The highest BCUT2D eigenvalue weighted by atomic mass is 14.4. The first-order valence-corrected chi connectivity index (χ1v) is 10.7. The van der Waals surface area contributed by atoms with Crippen LogP contribution in [0, 0.1) is 6.92 Å². The van der Waals surface area contributed by atoms with E-state index >= 15 is 0 Å². The summed E-state index contributed by atoms with van der Waals surface area (Å²) in [5.74, 6) is 0. The van der Waals surface area contributed by atoms with Crippen molar-refractivity contribution >= 4 is 21.5 Å². The molecule has 6 rings (SSSR count). The summed E-state index contributed by atoms with van der Waals surface area (Å²) in [5, 5.41) is 5.30. The second-order valence-corrected chi connectivity index (χ2v) is 9.16. The molecule has 0 saturated heterocycles. The van der Waals surface area contributed by atoms with E-state index in [1.54, 1.807) is 0 Å². The molecule has 0 radical (unpaired) electrons.